The van der Waals surface area contributed by atoms with Gasteiger partial charge in [-0.1, -0.05) is 36.4 Å². The number of carbonyl (C=O) groups is 1. The van der Waals surface area contributed by atoms with Crippen LogP contribution in [0.2, 0.25) is 0 Å². The van der Waals surface area contributed by atoms with Crippen molar-refractivity contribution in [3.05, 3.63) is 66.4 Å². The number of pyridine rings is 1. The molecule has 4 heteroatoms. The minimum Gasteiger partial charge on any atom is -0.379 e. The molecular formula is C22H24N2O2. The van der Waals surface area contributed by atoms with E-state index in [0.29, 0.717) is 18.8 Å². The maximum atomic E-state index is 12.5. The number of carbonyl (C=O) groups excluding carboxylic acids is 1. The minimum absolute atomic E-state index is 0.0997. The lowest BCUT2D eigenvalue weighted by molar-refractivity contribution is 0.0725. The summed E-state index contributed by atoms with van der Waals surface area (Å²) in [6.45, 7) is 6.97. The topological polar surface area (TPSA) is 51.2 Å². The van der Waals surface area contributed by atoms with E-state index < -0.39 is 5.54 Å². The maximum absolute atomic E-state index is 12.5. The lowest BCUT2D eigenvalue weighted by Gasteiger charge is -2.26. The average molecular weight is 348 g/mol. The fraction of sp³-hybridized carbons (Fsp3) is 0.273. The van der Waals surface area contributed by atoms with Gasteiger partial charge in [-0.05, 0) is 44.5 Å². The van der Waals surface area contributed by atoms with Crippen LogP contribution in [-0.2, 0) is 4.74 Å². The normalized spacial score (nSPS) is 11.5. The third-order valence-corrected chi connectivity index (χ3v) is 4.21. The molecule has 0 bridgehead atoms. The van der Waals surface area contributed by atoms with Crippen LogP contribution in [0.25, 0.3) is 22.0 Å². The molecule has 26 heavy (non-hydrogen) atoms. The first kappa shape index (κ1) is 18.1. The highest BCUT2D eigenvalue weighted by Crippen LogP contribution is 2.27. The van der Waals surface area contributed by atoms with Crippen LogP contribution in [0.5, 0.6) is 0 Å². The Morgan fingerprint density at radius 3 is 2.54 bits per heavy atom. The molecule has 1 heterocycles. The van der Waals surface area contributed by atoms with Gasteiger partial charge < -0.3 is 10.1 Å². The van der Waals surface area contributed by atoms with Gasteiger partial charge in [-0.3, -0.25) is 9.78 Å². The first-order chi connectivity index (χ1) is 12.5. The Bertz CT molecular complexity index is 896. The van der Waals surface area contributed by atoms with E-state index in [1.807, 2.05) is 69.3 Å². The lowest BCUT2D eigenvalue weighted by Crippen LogP contribution is -2.47. The number of nitrogens with one attached hydrogen (secondary N) is 1. The van der Waals surface area contributed by atoms with E-state index in [9.17, 15) is 4.79 Å². The number of fused-ring (bicyclic) bond motifs is 1. The van der Waals surface area contributed by atoms with E-state index in [1.54, 1.807) is 6.20 Å². The summed E-state index contributed by atoms with van der Waals surface area (Å²) in [5, 5.41) is 4.12. The smallest absolute Gasteiger partial charge is 0.251 e. The monoisotopic (exact) mass is 348 g/mol. The van der Waals surface area contributed by atoms with Crippen molar-refractivity contribution in [2.75, 3.05) is 13.2 Å². The molecule has 0 atom stereocenters. The Balaban J connectivity index is 1.81. The van der Waals surface area contributed by atoms with Gasteiger partial charge in [0.25, 0.3) is 5.91 Å². The molecule has 0 unspecified atom stereocenters. The summed E-state index contributed by atoms with van der Waals surface area (Å²) in [7, 11) is 0. The Labute approximate surface area is 154 Å². The zero-order valence-corrected chi connectivity index (χ0v) is 15.5. The Morgan fingerprint density at radius 1 is 1.08 bits per heavy atom. The number of amides is 1. The number of nitrogens with zero attached hydrogens (tertiary/aromatic N) is 1. The molecular weight excluding hydrogens is 324 g/mol. The van der Waals surface area contributed by atoms with Crippen LogP contribution in [-0.4, -0.2) is 29.6 Å². The Hall–Kier alpha value is -2.72. The zero-order valence-electron chi connectivity index (χ0n) is 15.5. The first-order valence-corrected chi connectivity index (χ1v) is 8.84. The average Bonchev–Trinajstić information content (AvgIpc) is 2.66. The predicted molar refractivity (Wildman–Crippen MR) is 105 cm³/mol. The number of rotatable bonds is 6. The highest BCUT2D eigenvalue weighted by Gasteiger charge is 2.21. The summed E-state index contributed by atoms with van der Waals surface area (Å²) < 4.78 is 5.43. The number of hydrogen-bond acceptors (Lipinski definition) is 3. The van der Waals surface area contributed by atoms with Gasteiger partial charge in [0.1, 0.15) is 0 Å². The molecule has 0 saturated carbocycles. The number of aromatic nitrogens is 1. The second kappa shape index (κ2) is 7.67. The first-order valence-electron chi connectivity index (χ1n) is 8.84. The van der Waals surface area contributed by atoms with Gasteiger partial charge in [0, 0.05) is 29.3 Å². The van der Waals surface area contributed by atoms with Crippen LogP contribution in [0.4, 0.5) is 0 Å². The molecule has 0 aliphatic rings. The van der Waals surface area contributed by atoms with Crippen molar-refractivity contribution < 1.29 is 9.53 Å². The predicted octanol–water partition coefficient (Wildman–Crippen LogP) is 4.45. The molecule has 2 aromatic carbocycles. The molecule has 0 aliphatic carbocycles. The van der Waals surface area contributed by atoms with Gasteiger partial charge in [0.2, 0.25) is 0 Å². The van der Waals surface area contributed by atoms with Gasteiger partial charge >= 0.3 is 0 Å². The van der Waals surface area contributed by atoms with Gasteiger partial charge in [-0.2, -0.15) is 0 Å². The molecule has 0 saturated heterocycles. The van der Waals surface area contributed by atoms with Crippen molar-refractivity contribution in [3.8, 4) is 11.1 Å². The molecule has 1 amide bonds. The van der Waals surface area contributed by atoms with Crippen LogP contribution in [0.3, 0.4) is 0 Å². The zero-order chi connectivity index (χ0) is 18.6. The molecule has 0 aliphatic heterocycles. The van der Waals surface area contributed by atoms with Crippen molar-refractivity contribution >= 4 is 16.8 Å². The maximum Gasteiger partial charge on any atom is 0.251 e. The van der Waals surface area contributed by atoms with Crippen molar-refractivity contribution in [3.63, 3.8) is 0 Å². The largest absolute Gasteiger partial charge is 0.379 e. The number of hydrogen-bond donors (Lipinski definition) is 1. The molecule has 4 nitrogen and oxygen atoms in total. The van der Waals surface area contributed by atoms with E-state index in [4.69, 9.17) is 4.74 Å². The summed E-state index contributed by atoms with van der Waals surface area (Å²) in [6, 6.07) is 17.7. The fourth-order valence-electron chi connectivity index (χ4n) is 2.91. The van der Waals surface area contributed by atoms with Crippen molar-refractivity contribution in [2.45, 2.75) is 26.3 Å². The SMILES string of the molecule is CCOCC(C)(C)NC(=O)c1ccc(-c2cccc3cccnc23)cc1. The van der Waals surface area contributed by atoms with Crippen molar-refractivity contribution in [2.24, 2.45) is 0 Å². The van der Waals surface area contributed by atoms with E-state index in [-0.39, 0.29) is 5.91 Å². The molecule has 0 fully saturated rings. The van der Waals surface area contributed by atoms with E-state index >= 15 is 0 Å². The summed E-state index contributed by atoms with van der Waals surface area (Å²) in [5.41, 5.74) is 3.29. The van der Waals surface area contributed by atoms with Crippen LogP contribution in [0.1, 0.15) is 31.1 Å². The second-order valence-electron chi connectivity index (χ2n) is 6.93. The van der Waals surface area contributed by atoms with Crippen molar-refractivity contribution in [1.29, 1.82) is 0 Å². The highest BCUT2D eigenvalue weighted by atomic mass is 16.5. The standard InChI is InChI=1S/C22H24N2O2/c1-4-26-15-22(2,3)24-21(25)18-12-10-16(11-13-18)19-9-5-7-17-8-6-14-23-20(17)19/h5-14H,4,15H2,1-3H3,(H,24,25). The Kier molecular flexibility index (Phi) is 5.33. The summed E-state index contributed by atoms with van der Waals surface area (Å²) in [4.78, 5) is 17.0. The van der Waals surface area contributed by atoms with E-state index in [2.05, 4.69) is 16.4 Å². The third kappa shape index (κ3) is 4.09. The summed E-state index contributed by atoms with van der Waals surface area (Å²) in [5.74, 6) is -0.0997. The van der Waals surface area contributed by atoms with Crippen LogP contribution >= 0.6 is 0 Å². The number of ether oxygens (including phenoxy) is 1. The summed E-state index contributed by atoms with van der Waals surface area (Å²) >= 11 is 0. The van der Waals surface area contributed by atoms with Crippen molar-refractivity contribution in [1.82, 2.24) is 10.3 Å². The number of benzene rings is 2. The quantitative estimate of drug-likeness (QED) is 0.716. The van der Waals surface area contributed by atoms with Crippen LogP contribution in [0, 0.1) is 0 Å². The highest BCUT2D eigenvalue weighted by molar-refractivity contribution is 5.97. The molecule has 3 rings (SSSR count). The van der Waals surface area contributed by atoms with Gasteiger partial charge in [-0.15, -0.1) is 0 Å². The molecule has 134 valence electrons. The summed E-state index contributed by atoms with van der Waals surface area (Å²) in [6.07, 6.45) is 1.80. The molecule has 3 aromatic rings. The van der Waals surface area contributed by atoms with Gasteiger partial charge in [0.15, 0.2) is 0 Å². The van der Waals surface area contributed by atoms with Gasteiger partial charge in [0.05, 0.1) is 17.7 Å². The molecule has 1 N–H and O–H groups in total. The van der Waals surface area contributed by atoms with E-state index in [1.165, 1.54) is 0 Å². The fourth-order valence-corrected chi connectivity index (χ4v) is 2.91. The van der Waals surface area contributed by atoms with E-state index in [0.717, 1.165) is 22.0 Å². The van der Waals surface area contributed by atoms with Crippen LogP contribution in [0.15, 0.2) is 60.8 Å². The second-order valence-corrected chi connectivity index (χ2v) is 6.93. The van der Waals surface area contributed by atoms with Gasteiger partial charge in [-0.25, -0.2) is 0 Å². The lowest BCUT2D eigenvalue weighted by atomic mass is 10.00. The minimum atomic E-state index is -0.411. The van der Waals surface area contributed by atoms with Crippen LogP contribution < -0.4 is 5.32 Å². The molecule has 0 spiro atoms. The molecule has 1 aromatic heterocycles. The third-order valence-electron chi connectivity index (χ3n) is 4.21. The number of para-hydroxylation sites is 1. The Morgan fingerprint density at radius 2 is 1.81 bits per heavy atom. The molecule has 0 radical (unpaired) electrons.